The Morgan fingerprint density at radius 1 is 0.947 bits per heavy atom. The van der Waals surface area contributed by atoms with Crippen LogP contribution in [0.2, 0.25) is 5.02 Å². The summed E-state index contributed by atoms with van der Waals surface area (Å²) >= 11 is 6.03. The van der Waals surface area contributed by atoms with Crippen molar-refractivity contribution in [1.29, 1.82) is 0 Å². The monoisotopic (exact) mass is 278 g/mol. The Labute approximate surface area is 117 Å². The van der Waals surface area contributed by atoms with Crippen LogP contribution in [-0.2, 0) is 6.61 Å². The number of halogens is 1. The van der Waals surface area contributed by atoms with E-state index in [1.807, 2.05) is 30.3 Å². The third-order valence-corrected chi connectivity index (χ3v) is 2.83. The van der Waals surface area contributed by atoms with Crippen LogP contribution in [0.3, 0.4) is 0 Å². The maximum absolute atomic E-state index is 8.97. The molecule has 2 aromatic carbocycles. The highest BCUT2D eigenvalue weighted by Crippen LogP contribution is 2.25. The molecule has 0 heterocycles. The summed E-state index contributed by atoms with van der Waals surface area (Å²) in [7, 11) is 0. The molecule has 0 bridgehead atoms. The molecule has 2 aromatic rings. The van der Waals surface area contributed by atoms with Gasteiger partial charge in [0.2, 0.25) is 0 Å². The van der Waals surface area contributed by atoms with Gasteiger partial charge in [-0.25, -0.2) is 0 Å². The molecule has 2 rings (SSSR count). The second kappa shape index (κ2) is 7.02. The minimum Gasteiger partial charge on any atom is -0.490 e. The fraction of sp³-hybridized carbons (Fsp3) is 0.200. The zero-order valence-corrected chi connectivity index (χ0v) is 11.1. The first kappa shape index (κ1) is 13.7. The molecule has 19 heavy (non-hydrogen) atoms. The molecule has 0 amide bonds. The highest BCUT2D eigenvalue weighted by atomic mass is 35.5. The number of benzene rings is 2. The molecule has 3 nitrogen and oxygen atoms in total. The Morgan fingerprint density at radius 2 is 1.68 bits per heavy atom. The van der Waals surface area contributed by atoms with E-state index in [-0.39, 0.29) is 6.61 Å². The predicted octanol–water partition coefficient (Wildman–Crippen LogP) is 3.29. The van der Waals surface area contributed by atoms with Crippen molar-refractivity contribution in [3.8, 4) is 11.5 Å². The average molecular weight is 279 g/mol. The van der Waals surface area contributed by atoms with Gasteiger partial charge in [0.1, 0.15) is 24.7 Å². The smallest absolute Gasteiger partial charge is 0.138 e. The van der Waals surface area contributed by atoms with E-state index in [9.17, 15) is 0 Å². The number of aliphatic hydroxyl groups is 1. The van der Waals surface area contributed by atoms with Crippen molar-refractivity contribution < 1.29 is 14.6 Å². The van der Waals surface area contributed by atoms with Crippen LogP contribution in [0, 0.1) is 0 Å². The van der Waals surface area contributed by atoms with Gasteiger partial charge in [-0.05, 0) is 29.8 Å². The van der Waals surface area contributed by atoms with Crippen LogP contribution in [-0.4, -0.2) is 18.3 Å². The first-order valence-corrected chi connectivity index (χ1v) is 6.37. The van der Waals surface area contributed by atoms with Crippen molar-refractivity contribution in [2.75, 3.05) is 13.2 Å². The summed E-state index contributed by atoms with van der Waals surface area (Å²) in [5.41, 5.74) is 0.762. The minimum atomic E-state index is -0.0306. The molecule has 0 aromatic heterocycles. The van der Waals surface area contributed by atoms with Crippen LogP contribution < -0.4 is 9.47 Å². The maximum atomic E-state index is 8.97. The number of rotatable bonds is 6. The van der Waals surface area contributed by atoms with E-state index in [2.05, 4.69) is 0 Å². The van der Waals surface area contributed by atoms with Crippen LogP contribution in [0.1, 0.15) is 5.56 Å². The van der Waals surface area contributed by atoms with Gasteiger partial charge in [0, 0.05) is 0 Å². The van der Waals surface area contributed by atoms with E-state index < -0.39 is 0 Å². The zero-order valence-electron chi connectivity index (χ0n) is 10.4. The van der Waals surface area contributed by atoms with Crippen molar-refractivity contribution in [3.05, 3.63) is 59.1 Å². The molecule has 0 aliphatic carbocycles. The van der Waals surface area contributed by atoms with E-state index in [1.54, 1.807) is 18.2 Å². The molecule has 0 saturated heterocycles. The van der Waals surface area contributed by atoms with Gasteiger partial charge in [0.05, 0.1) is 11.6 Å². The van der Waals surface area contributed by atoms with Gasteiger partial charge in [-0.1, -0.05) is 35.9 Å². The summed E-state index contributed by atoms with van der Waals surface area (Å²) in [4.78, 5) is 0. The van der Waals surface area contributed by atoms with E-state index >= 15 is 0 Å². The maximum Gasteiger partial charge on any atom is 0.138 e. The molecule has 1 N–H and O–H groups in total. The number of para-hydroxylation sites is 1. The number of ether oxygens (including phenoxy) is 2. The van der Waals surface area contributed by atoms with E-state index in [0.717, 1.165) is 11.3 Å². The molecule has 100 valence electrons. The molecule has 4 heteroatoms. The number of hydrogen-bond donors (Lipinski definition) is 1. The van der Waals surface area contributed by atoms with Crippen LogP contribution >= 0.6 is 11.6 Å². The number of aliphatic hydroxyl groups excluding tert-OH is 1. The van der Waals surface area contributed by atoms with Gasteiger partial charge in [-0.2, -0.15) is 0 Å². The SMILES string of the molecule is OCc1ccc(OCCOc2ccccc2)c(Cl)c1. The van der Waals surface area contributed by atoms with Gasteiger partial charge < -0.3 is 14.6 Å². The lowest BCUT2D eigenvalue weighted by molar-refractivity contribution is 0.217. The molecule has 0 radical (unpaired) electrons. The Kier molecular flexibility index (Phi) is 5.07. The zero-order chi connectivity index (χ0) is 13.5. The van der Waals surface area contributed by atoms with E-state index in [4.69, 9.17) is 26.2 Å². The second-order valence-corrected chi connectivity index (χ2v) is 4.34. The van der Waals surface area contributed by atoms with Crippen molar-refractivity contribution in [2.24, 2.45) is 0 Å². The van der Waals surface area contributed by atoms with Crippen LogP contribution in [0.15, 0.2) is 48.5 Å². The van der Waals surface area contributed by atoms with E-state index in [1.165, 1.54) is 0 Å². The summed E-state index contributed by atoms with van der Waals surface area (Å²) in [6, 6.07) is 14.8. The van der Waals surface area contributed by atoms with Crippen molar-refractivity contribution in [1.82, 2.24) is 0 Å². The topological polar surface area (TPSA) is 38.7 Å². The Morgan fingerprint density at radius 3 is 2.37 bits per heavy atom. The largest absolute Gasteiger partial charge is 0.490 e. The Bertz CT molecular complexity index is 514. The Hall–Kier alpha value is -1.71. The van der Waals surface area contributed by atoms with Gasteiger partial charge in [0.25, 0.3) is 0 Å². The molecular formula is C15H15ClO3. The third-order valence-electron chi connectivity index (χ3n) is 2.53. The fourth-order valence-electron chi connectivity index (χ4n) is 1.59. The molecule has 0 spiro atoms. The first-order chi connectivity index (χ1) is 9.29. The van der Waals surface area contributed by atoms with Crippen LogP contribution in [0.4, 0.5) is 0 Å². The summed E-state index contributed by atoms with van der Waals surface area (Å²) < 4.78 is 11.0. The summed E-state index contributed by atoms with van der Waals surface area (Å²) in [6.07, 6.45) is 0. The standard InChI is InChI=1S/C15H15ClO3/c16-14-10-12(11-17)6-7-15(14)19-9-8-18-13-4-2-1-3-5-13/h1-7,10,17H,8-9,11H2. The summed E-state index contributed by atoms with van der Waals surface area (Å²) in [5.74, 6) is 1.41. The number of hydrogen-bond acceptors (Lipinski definition) is 3. The van der Waals surface area contributed by atoms with Crippen LogP contribution in [0.5, 0.6) is 11.5 Å². The molecule has 0 fully saturated rings. The highest BCUT2D eigenvalue weighted by Gasteiger charge is 2.02. The summed E-state index contributed by atoms with van der Waals surface area (Å²) in [6.45, 7) is 0.826. The lowest BCUT2D eigenvalue weighted by atomic mass is 10.2. The average Bonchev–Trinajstić information content (AvgIpc) is 2.46. The van der Waals surface area contributed by atoms with Crippen molar-refractivity contribution >= 4 is 11.6 Å². The lowest BCUT2D eigenvalue weighted by Crippen LogP contribution is -2.09. The quantitative estimate of drug-likeness (QED) is 0.824. The molecule has 0 unspecified atom stereocenters. The van der Waals surface area contributed by atoms with Gasteiger partial charge in [-0.3, -0.25) is 0 Å². The first-order valence-electron chi connectivity index (χ1n) is 5.99. The third kappa shape index (κ3) is 4.16. The van der Waals surface area contributed by atoms with Gasteiger partial charge in [-0.15, -0.1) is 0 Å². The molecular weight excluding hydrogens is 264 g/mol. The summed E-state index contributed by atoms with van der Waals surface area (Å²) in [5, 5.41) is 9.47. The molecule has 0 aliphatic heterocycles. The van der Waals surface area contributed by atoms with Crippen molar-refractivity contribution in [3.63, 3.8) is 0 Å². The van der Waals surface area contributed by atoms with Gasteiger partial charge >= 0.3 is 0 Å². The highest BCUT2D eigenvalue weighted by molar-refractivity contribution is 6.32. The molecule has 0 atom stereocenters. The molecule has 0 aliphatic rings. The van der Waals surface area contributed by atoms with Crippen molar-refractivity contribution in [2.45, 2.75) is 6.61 Å². The fourth-order valence-corrected chi connectivity index (χ4v) is 1.85. The lowest BCUT2D eigenvalue weighted by Gasteiger charge is -2.10. The van der Waals surface area contributed by atoms with Gasteiger partial charge in [0.15, 0.2) is 0 Å². The normalized spacial score (nSPS) is 10.2. The van der Waals surface area contributed by atoms with E-state index in [0.29, 0.717) is 24.0 Å². The Balaban J connectivity index is 1.80. The molecule has 0 saturated carbocycles. The minimum absolute atomic E-state index is 0.0306. The predicted molar refractivity (Wildman–Crippen MR) is 74.8 cm³/mol. The van der Waals surface area contributed by atoms with Crippen LogP contribution in [0.25, 0.3) is 0 Å². The second-order valence-electron chi connectivity index (χ2n) is 3.93.